The van der Waals surface area contributed by atoms with Crippen LogP contribution in [0, 0.1) is 25.2 Å². The Balaban J connectivity index is 1.44. The summed E-state index contributed by atoms with van der Waals surface area (Å²) < 4.78 is 5.53. The average Bonchev–Trinajstić information content (AvgIpc) is 3.05. The fourth-order valence-corrected chi connectivity index (χ4v) is 5.29. The van der Waals surface area contributed by atoms with Crippen LogP contribution < -0.4 is 0 Å². The number of benzene rings is 1. The number of oxazole rings is 1. The molecule has 0 saturated carbocycles. The second-order valence-electron chi connectivity index (χ2n) is 9.30. The standard InChI is InChI=1S/C25H33N3O3/c1-18-22(31-19(2)26-18)23(29)27-15-11-21(12-16-27)25(3)13-7-8-14-28(24(25)30)17-20-9-5-4-6-10-20/h4-6,9-10,21H,7-8,11-17H2,1-3H3/t25-/m0/s1. The monoisotopic (exact) mass is 423 g/mol. The van der Waals surface area contributed by atoms with Crippen molar-refractivity contribution in [1.82, 2.24) is 14.8 Å². The lowest BCUT2D eigenvalue weighted by Gasteiger charge is -2.42. The molecule has 0 bridgehead atoms. The Morgan fingerprint density at radius 1 is 1.13 bits per heavy atom. The summed E-state index contributed by atoms with van der Waals surface area (Å²) in [4.78, 5) is 34.7. The van der Waals surface area contributed by atoms with Crippen molar-refractivity contribution in [2.24, 2.45) is 11.3 Å². The van der Waals surface area contributed by atoms with Crippen LogP contribution in [-0.4, -0.2) is 46.2 Å². The van der Waals surface area contributed by atoms with Crippen LogP contribution in [0.25, 0.3) is 0 Å². The van der Waals surface area contributed by atoms with Crippen LogP contribution in [-0.2, 0) is 11.3 Å². The zero-order valence-electron chi connectivity index (χ0n) is 18.9. The molecular formula is C25H33N3O3. The fourth-order valence-electron chi connectivity index (χ4n) is 5.29. The molecule has 3 heterocycles. The predicted octanol–water partition coefficient (Wildman–Crippen LogP) is 4.36. The van der Waals surface area contributed by atoms with Crippen LogP contribution >= 0.6 is 0 Å². The van der Waals surface area contributed by atoms with E-state index in [0.717, 1.165) is 38.6 Å². The van der Waals surface area contributed by atoms with Gasteiger partial charge in [-0.15, -0.1) is 0 Å². The van der Waals surface area contributed by atoms with Crippen LogP contribution in [0.5, 0.6) is 0 Å². The van der Waals surface area contributed by atoms with E-state index in [-0.39, 0.29) is 23.1 Å². The Bertz CT molecular complexity index is 931. The highest BCUT2D eigenvalue weighted by Crippen LogP contribution is 2.43. The van der Waals surface area contributed by atoms with E-state index in [0.29, 0.717) is 37.0 Å². The quantitative estimate of drug-likeness (QED) is 0.733. The number of hydrogen-bond donors (Lipinski definition) is 0. The molecule has 6 heteroatoms. The summed E-state index contributed by atoms with van der Waals surface area (Å²) in [6, 6.07) is 10.2. The Morgan fingerprint density at radius 3 is 2.48 bits per heavy atom. The zero-order valence-corrected chi connectivity index (χ0v) is 18.9. The fraction of sp³-hybridized carbons (Fsp3) is 0.560. The molecule has 1 atom stereocenters. The Morgan fingerprint density at radius 2 is 1.84 bits per heavy atom. The Labute approximate surface area is 184 Å². The number of hydrogen-bond acceptors (Lipinski definition) is 4. The minimum absolute atomic E-state index is 0.0837. The number of carbonyl (C=O) groups is 2. The van der Waals surface area contributed by atoms with Crippen LogP contribution in [0.3, 0.4) is 0 Å². The van der Waals surface area contributed by atoms with Gasteiger partial charge in [0, 0.05) is 38.5 Å². The molecule has 31 heavy (non-hydrogen) atoms. The van der Waals surface area contributed by atoms with Crippen LogP contribution in [0.4, 0.5) is 0 Å². The number of piperidine rings is 1. The normalized spacial score (nSPS) is 23.1. The molecule has 1 aromatic heterocycles. The van der Waals surface area contributed by atoms with Crippen molar-refractivity contribution in [3.05, 3.63) is 53.2 Å². The number of nitrogens with zero attached hydrogens (tertiary/aromatic N) is 3. The number of rotatable bonds is 4. The molecule has 6 nitrogen and oxygen atoms in total. The van der Waals surface area contributed by atoms with Gasteiger partial charge in [-0.2, -0.15) is 0 Å². The van der Waals surface area contributed by atoms with E-state index in [2.05, 4.69) is 28.9 Å². The van der Waals surface area contributed by atoms with E-state index in [1.165, 1.54) is 5.56 Å². The summed E-state index contributed by atoms with van der Waals surface area (Å²) in [6.45, 7) is 8.54. The van der Waals surface area contributed by atoms with Crippen molar-refractivity contribution in [2.45, 2.75) is 59.4 Å². The third-order valence-electron chi connectivity index (χ3n) is 7.15. The highest BCUT2D eigenvalue weighted by atomic mass is 16.4. The SMILES string of the molecule is Cc1nc(C)c(C(=O)N2CCC([C@]3(C)CCCCN(Cc4ccccc4)C3=O)CC2)o1. The molecule has 0 radical (unpaired) electrons. The summed E-state index contributed by atoms with van der Waals surface area (Å²) in [7, 11) is 0. The third-order valence-corrected chi connectivity index (χ3v) is 7.15. The third kappa shape index (κ3) is 4.39. The Hall–Kier alpha value is -2.63. The van der Waals surface area contributed by atoms with Gasteiger partial charge in [-0.1, -0.05) is 43.7 Å². The van der Waals surface area contributed by atoms with Gasteiger partial charge in [0.2, 0.25) is 11.7 Å². The lowest BCUT2D eigenvalue weighted by atomic mass is 9.69. The van der Waals surface area contributed by atoms with Gasteiger partial charge in [-0.3, -0.25) is 9.59 Å². The molecule has 1 aromatic carbocycles. The van der Waals surface area contributed by atoms with E-state index >= 15 is 0 Å². The molecule has 2 fully saturated rings. The van der Waals surface area contributed by atoms with Gasteiger partial charge >= 0.3 is 0 Å². The molecule has 166 valence electrons. The van der Waals surface area contributed by atoms with Crippen molar-refractivity contribution < 1.29 is 14.0 Å². The van der Waals surface area contributed by atoms with Gasteiger partial charge in [0.05, 0.1) is 5.69 Å². The van der Waals surface area contributed by atoms with Crippen molar-refractivity contribution >= 4 is 11.8 Å². The van der Waals surface area contributed by atoms with E-state index in [9.17, 15) is 9.59 Å². The van der Waals surface area contributed by atoms with Gasteiger partial charge in [0.15, 0.2) is 5.89 Å². The minimum Gasteiger partial charge on any atom is -0.436 e. The zero-order chi connectivity index (χ0) is 22.0. The molecule has 0 N–H and O–H groups in total. The molecule has 4 rings (SSSR count). The lowest BCUT2D eigenvalue weighted by Crippen LogP contribution is -2.49. The van der Waals surface area contributed by atoms with Gasteiger partial charge < -0.3 is 14.2 Å². The van der Waals surface area contributed by atoms with E-state index in [1.54, 1.807) is 6.92 Å². The average molecular weight is 424 g/mol. The van der Waals surface area contributed by atoms with Crippen LogP contribution in [0.2, 0.25) is 0 Å². The van der Waals surface area contributed by atoms with Crippen LogP contribution in [0.15, 0.2) is 34.7 Å². The smallest absolute Gasteiger partial charge is 0.291 e. The highest BCUT2D eigenvalue weighted by Gasteiger charge is 2.45. The van der Waals surface area contributed by atoms with E-state index in [1.807, 2.05) is 30.0 Å². The first-order valence-corrected chi connectivity index (χ1v) is 11.4. The Kier molecular flexibility index (Phi) is 6.17. The molecule has 2 saturated heterocycles. The maximum Gasteiger partial charge on any atom is 0.291 e. The molecule has 0 aliphatic carbocycles. The van der Waals surface area contributed by atoms with Gasteiger partial charge in [-0.25, -0.2) is 4.98 Å². The van der Waals surface area contributed by atoms with Crippen molar-refractivity contribution in [2.75, 3.05) is 19.6 Å². The number of carbonyl (C=O) groups excluding carboxylic acids is 2. The second kappa shape index (κ2) is 8.85. The van der Waals surface area contributed by atoms with Crippen molar-refractivity contribution in [3.63, 3.8) is 0 Å². The highest BCUT2D eigenvalue weighted by molar-refractivity contribution is 5.92. The number of likely N-dealkylation sites (tertiary alicyclic amines) is 2. The summed E-state index contributed by atoms with van der Waals surface area (Å²) in [6.07, 6.45) is 4.74. The molecule has 0 spiro atoms. The number of aromatic nitrogens is 1. The summed E-state index contributed by atoms with van der Waals surface area (Å²) in [5.74, 6) is 1.35. The molecule has 2 aliphatic rings. The molecular weight excluding hydrogens is 390 g/mol. The molecule has 2 aromatic rings. The maximum atomic E-state index is 13.7. The minimum atomic E-state index is -0.362. The predicted molar refractivity (Wildman–Crippen MR) is 118 cm³/mol. The summed E-state index contributed by atoms with van der Waals surface area (Å²) >= 11 is 0. The largest absolute Gasteiger partial charge is 0.436 e. The first kappa shape index (κ1) is 21.6. The van der Waals surface area contributed by atoms with Gasteiger partial charge in [0.1, 0.15) is 0 Å². The second-order valence-corrected chi connectivity index (χ2v) is 9.30. The van der Waals surface area contributed by atoms with Gasteiger partial charge in [0.25, 0.3) is 5.91 Å². The number of amides is 2. The summed E-state index contributed by atoms with van der Waals surface area (Å²) in [5, 5.41) is 0. The van der Waals surface area contributed by atoms with Crippen molar-refractivity contribution in [3.8, 4) is 0 Å². The molecule has 2 amide bonds. The molecule has 2 aliphatic heterocycles. The summed E-state index contributed by atoms with van der Waals surface area (Å²) in [5.41, 5.74) is 1.46. The first-order chi connectivity index (χ1) is 14.9. The topological polar surface area (TPSA) is 66.7 Å². The van der Waals surface area contributed by atoms with E-state index in [4.69, 9.17) is 4.42 Å². The first-order valence-electron chi connectivity index (χ1n) is 11.4. The van der Waals surface area contributed by atoms with Crippen LogP contribution in [0.1, 0.15) is 66.7 Å². The molecule has 0 unspecified atom stereocenters. The maximum absolute atomic E-state index is 13.7. The number of aryl methyl sites for hydroxylation is 2. The van der Waals surface area contributed by atoms with E-state index < -0.39 is 0 Å². The van der Waals surface area contributed by atoms with Gasteiger partial charge in [-0.05, 0) is 44.1 Å². The lowest BCUT2D eigenvalue weighted by molar-refractivity contribution is -0.145. The van der Waals surface area contributed by atoms with Crippen molar-refractivity contribution in [1.29, 1.82) is 0 Å².